The van der Waals surface area contributed by atoms with E-state index in [0.717, 1.165) is 31.9 Å². The van der Waals surface area contributed by atoms with Crippen LogP contribution >= 0.6 is 0 Å². The van der Waals surface area contributed by atoms with Gasteiger partial charge in [-0.2, -0.15) is 0 Å². The molecule has 0 spiro atoms. The van der Waals surface area contributed by atoms with Crippen LogP contribution in [0.5, 0.6) is 0 Å². The molecule has 3 nitrogen and oxygen atoms in total. The zero-order valence-corrected chi connectivity index (χ0v) is 12.6. The maximum absolute atomic E-state index is 5.62. The molecule has 1 aromatic carbocycles. The molecule has 0 saturated carbocycles. The second-order valence-electron chi connectivity index (χ2n) is 5.30. The first-order valence-electron chi connectivity index (χ1n) is 7.19. The zero-order chi connectivity index (χ0) is 14.4. The van der Waals surface area contributed by atoms with Gasteiger partial charge in [0.05, 0.1) is 12.8 Å². The lowest BCUT2D eigenvalue weighted by Gasteiger charge is -2.16. The number of hydrogen-bond acceptors (Lipinski definition) is 3. The van der Waals surface area contributed by atoms with E-state index in [1.165, 1.54) is 16.7 Å². The Bertz CT molecular complexity index is 533. The van der Waals surface area contributed by atoms with E-state index < -0.39 is 0 Å². The Labute approximate surface area is 121 Å². The Hall–Kier alpha value is -1.58. The van der Waals surface area contributed by atoms with Crippen LogP contribution in [0, 0.1) is 6.92 Å². The van der Waals surface area contributed by atoms with Gasteiger partial charge in [0.1, 0.15) is 5.76 Å². The predicted octanol–water partition coefficient (Wildman–Crippen LogP) is 3.33. The van der Waals surface area contributed by atoms with Crippen LogP contribution in [0.3, 0.4) is 0 Å². The van der Waals surface area contributed by atoms with Gasteiger partial charge in [-0.3, -0.25) is 4.90 Å². The van der Waals surface area contributed by atoms with Crippen molar-refractivity contribution in [3.05, 3.63) is 59.0 Å². The summed E-state index contributed by atoms with van der Waals surface area (Å²) in [6, 6.07) is 10.7. The Morgan fingerprint density at radius 1 is 1.20 bits per heavy atom. The summed E-state index contributed by atoms with van der Waals surface area (Å²) in [5, 5.41) is 3.30. The van der Waals surface area contributed by atoms with Gasteiger partial charge in [0.15, 0.2) is 0 Å². The molecule has 0 saturated heterocycles. The average Bonchev–Trinajstić information content (AvgIpc) is 2.86. The number of nitrogens with zero attached hydrogens (tertiary/aromatic N) is 1. The van der Waals surface area contributed by atoms with E-state index in [1.807, 2.05) is 6.26 Å². The van der Waals surface area contributed by atoms with Crippen molar-refractivity contribution in [2.75, 3.05) is 13.6 Å². The lowest BCUT2D eigenvalue weighted by molar-refractivity contribution is 0.287. The largest absolute Gasteiger partial charge is 0.468 e. The molecule has 20 heavy (non-hydrogen) atoms. The van der Waals surface area contributed by atoms with Crippen molar-refractivity contribution in [1.82, 2.24) is 10.2 Å². The van der Waals surface area contributed by atoms with Crippen molar-refractivity contribution in [2.24, 2.45) is 0 Å². The van der Waals surface area contributed by atoms with Crippen LogP contribution in [0.25, 0.3) is 0 Å². The minimum absolute atomic E-state index is 0.834. The quantitative estimate of drug-likeness (QED) is 0.838. The third-order valence-electron chi connectivity index (χ3n) is 3.41. The summed E-state index contributed by atoms with van der Waals surface area (Å²) < 4.78 is 5.62. The van der Waals surface area contributed by atoms with E-state index >= 15 is 0 Å². The van der Waals surface area contributed by atoms with E-state index in [2.05, 4.69) is 61.4 Å². The smallest absolute Gasteiger partial charge is 0.118 e. The van der Waals surface area contributed by atoms with Crippen molar-refractivity contribution in [3.63, 3.8) is 0 Å². The monoisotopic (exact) mass is 272 g/mol. The van der Waals surface area contributed by atoms with Crippen molar-refractivity contribution < 1.29 is 4.42 Å². The molecule has 2 rings (SSSR count). The molecule has 0 unspecified atom stereocenters. The van der Waals surface area contributed by atoms with Crippen molar-refractivity contribution in [1.29, 1.82) is 0 Å². The van der Waals surface area contributed by atoms with E-state index in [4.69, 9.17) is 4.42 Å². The van der Waals surface area contributed by atoms with Gasteiger partial charge >= 0.3 is 0 Å². The molecule has 0 atom stereocenters. The maximum Gasteiger partial charge on any atom is 0.118 e. The van der Waals surface area contributed by atoms with Crippen LogP contribution in [0.2, 0.25) is 0 Å². The Morgan fingerprint density at radius 3 is 2.75 bits per heavy atom. The van der Waals surface area contributed by atoms with Crippen molar-refractivity contribution >= 4 is 0 Å². The van der Waals surface area contributed by atoms with Crippen LogP contribution in [0.15, 0.2) is 41.0 Å². The third-order valence-corrected chi connectivity index (χ3v) is 3.41. The highest BCUT2D eigenvalue weighted by Gasteiger charge is 2.07. The number of nitrogens with one attached hydrogen (secondary N) is 1. The van der Waals surface area contributed by atoms with Gasteiger partial charge in [-0.1, -0.05) is 31.2 Å². The number of furan rings is 1. The standard InChI is InChI=1S/C17H24N2O/c1-4-18-10-15-9-17(20-13-15)12-19(3)11-16-8-6-5-7-14(16)2/h5-9,13,18H,4,10-12H2,1-3H3. The summed E-state index contributed by atoms with van der Waals surface area (Å²) in [5.41, 5.74) is 3.92. The molecule has 108 valence electrons. The fraction of sp³-hybridized carbons (Fsp3) is 0.412. The Morgan fingerprint density at radius 2 is 2.00 bits per heavy atom. The van der Waals surface area contributed by atoms with E-state index in [-0.39, 0.29) is 0 Å². The van der Waals surface area contributed by atoms with Crippen LogP contribution < -0.4 is 5.32 Å². The molecule has 0 aliphatic rings. The average molecular weight is 272 g/mol. The van der Waals surface area contributed by atoms with E-state index in [1.54, 1.807) is 0 Å². The molecule has 0 amide bonds. The van der Waals surface area contributed by atoms with Gasteiger partial charge in [0, 0.05) is 18.7 Å². The zero-order valence-electron chi connectivity index (χ0n) is 12.6. The van der Waals surface area contributed by atoms with Crippen molar-refractivity contribution in [2.45, 2.75) is 33.5 Å². The van der Waals surface area contributed by atoms with Crippen molar-refractivity contribution in [3.8, 4) is 0 Å². The first-order chi connectivity index (χ1) is 9.69. The minimum atomic E-state index is 0.834. The lowest BCUT2D eigenvalue weighted by Crippen LogP contribution is -2.17. The number of hydrogen-bond donors (Lipinski definition) is 1. The van der Waals surface area contributed by atoms with Gasteiger partial charge in [0.25, 0.3) is 0 Å². The Kier molecular flexibility index (Phi) is 5.39. The van der Waals surface area contributed by atoms with Gasteiger partial charge < -0.3 is 9.73 Å². The molecule has 1 aromatic heterocycles. The van der Waals surface area contributed by atoms with E-state index in [0.29, 0.717) is 0 Å². The summed E-state index contributed by atoms with van der Waals surface area (Å²) in [6.07, 6.45) is 1.85. The van der Waals surface area contributed by atoms with Gasteiger partial charge in [-0.25, -0.2) is 0 Å². The molecule has 1 N–H and O–H groups in total. The lowest BCUT2D eigenvalue weighted by atomic mass is 10.1. The summed E-state index contributed by atoms with van der Waals surface area (Å²) in [5.74, 6) is 1.02. The minimum Gasteiger partial charge on any atom is -0.468 e. The second-order valence-corrected chi connectivity index (χ2v) is 5.30. The molecule has 0 radical (unpaired) electrons. The SMILES string of the molecule is CCNCc1coc(CN(C)Cc2ccccc2C)c1. The number of rotatable bonds is 7. The second kappa shape index (κ2) is 7.27. The molecule has 0 aliphatic heterocycles. The molecule has 3 heteroatoms. The molecular formula is C17H24N2O. The summed E-state index contributed by atoms with van der Waals surface area (Å²) in [4.78, 5) is 2.28. The Balaban J connectivity index is 1.89. The van der Waals surface area contributed by atoms with Crippen LogP contribution in [0.4, 0.5) is 0 Å². The topological polar surface area (TPSA) is 28.4 Å². The fourth-order valence-electron chi connectivity index (χ4n) is 2.27. The first-order valence-corrected chi connectivity index (χ1v) is 7.19. The summed E-state index contributed by atoms with van der Waals surface area (Å²) in [7, 11) is 2.12. The predicted molar refractivity (Wildman–Crippen MR) is 82.4 cm³/mol. The molecule has 1 heterocycles. The molecule has 2 aromatic rings. The molecular weight excluding hydrogens is 248 g/mol. The first kappa shape index (κ1) is 14.8. The van der Waals surface area contributed by atoms with Crippen LogP contribution in [-0.4, -0.2) is 18.5 Å². The normalized spacial score (nSPS) is 11.2. The highest BCUT2D eigenvalue weighted by molar-refractivity contribution is 5.25. The highest BCUT2D eigenvalue weighted by atomic mass is 16.3. The van der Waals surface area contributed by atoms with E-state index in [9.17, 15) is 0 Å². The van der Waals surface area contributed by atoms with Gasteiger partial charge in [-0.15, -0.1) is 0 Å². The fourth-order valence-corrected chi connectivity index (χ4v) is 2.27. The summed E-state index contributed by atoms with van der Waals surface area (Å²) in [6.45, 7) is 7.90. The summed E-state index contributed by atoms with van der Waals surface area (Å²) >= 11 is 0. The van der Waals surface area contributed by atoms with Crippen LogP contribution in [-0.2, 0) is 19.6 Å². The van der Waals surface area contributed by atoms with Gasteiger partial charge in [-0.05, 0) is 37.7 Å². The van der Waals surface area contributed by atoms with Gasteiger partial charge in [0.2, 0.25) is 0 Å². The molecule has 0 fully saturated rings. The third kappa shape index (κ3) is 4.22. The highest BCUT2D eigenvalue weighted by Crippen LogP contribution is 2.14. The molecule has 0 bridgehead atoms. The number of benzene rings is 1. The van der Waals surface area contributed by atoms with Crippen LogP contribution in [0.1, 0.15) is 29.4 Å². The maximum atomic E-state index is 5.62. The molecule has 0 aliphatic carbocycles. The number of aryl methyl sites for hydroxylation is 1.